The monoisotopic (exact) mass is 173 g/mol. The fraction of sp³-hybridized carbons (Fsp3) is 0.385. The van der Waals surface area contributed by atoms with Gasteiger partial charge < -0.3 is 0 Å². The van der Waals surface area contributed by atoms with E-state index in [1.807, 2.05) is 18.2 Å². The molecule has 0 heteroatoms. The highest BCUT2D eigenvalue weighted by Gasteiger charge is 1.83. The molecule has 0 spiro atoms. The molecule has 1 rings (SSSR count). The van der Waals surface area contributed by atoms with E-state index in [2.05, 4.69) is 31.2 Å². The molecule has 0 unspecified atom stereocenters. The zero-order valence-electron chi connectivity index (χ0n) is 8.29. The molecular weight excluding hydrogens is 156 g/mol. The summed E-state index contributed by atoms with van der Waals surface area (Å²) in [5.74, 6) is 0. The van der Waals surface area contributed by atoms with Crippen LogP contribution in [0.4, 0.5) is 0 Å². The quantitative estimate of drug-likeness (QED) is 0.588. The van der Waals surface area contributed by atoms with Gasteiger partial charge in [0.1, 0.15) is 0 Å². The fourth-order valence-corrected chi connectivity index (χ4v) is 1.24. The van der Waals surface area contributed by atoms with E-state index in [4.69, 9.17) is 0 Å². The minimum absolute atomic E-state index is 1.20. The second kappa shape index (κ2) is 6.47. The standard InChI is InChI=1S/C13H17/c1-2-3-4-5-7-10-13-11-8-6-9-12-13/h6-8,10-12H,2-5H2,1H3. The molecule has 0 atom stereocenters. The molecule has 1 aromatic rings. The Morgan fingerprint density at radius 1 is 1.38 bits per heavy atom. The highest BCUT2D eigenvalue weighted by Crippen LogP contribution is 2.04. The molecular formula is C13H17. The first-order chi connectivity index (χ1) is 6.43. The maximum absolute atomic E-state index is 3.06. The van der Waals surface area contributed by atoms with Crippen LogP contribution in [0.25, 0.3) is 6.08 Å². The van der Waals surface area contributed by atoms with E-state index in [1.54, 1.807) is 0 Å². The Labute approximate surface area is 81.3 Å². The number of hydrogen-bond acceptors (Lipinski definition) is 0. The van der Waals surface area contributed by atoms with E-state index in [1.165, 1.54) is 31.2 Å². The molecule has 0 aromatic heterocycles. The van der Waals surface area contributed by atoms with Gasteiger partial charge in [0.15, 0.2) is 0 Å². The average molecular weight is 173 g/mol. The third-order valence-electron chi connectivity index (χ3n) is 2.02. The molecule has 0 saturated heterocycles. The van der Waals surface area contributed by atoms with Crippen molar-refractivity contribution < 1.29 is 0 Å². The molecule has 0 aliphatic heterocycles. The summed E-state index contributed by atoms with van der Waals surface area (Å²) < 4.78 is 0. The van der Waals surface area contributed by atoms with E-state index in [9.17, 15) is 0 Å². The zero-order valence-corrected chi connectivity index (χ0v) is 8.29. The lowest BCUT2D eigenvalue weighted by Crippen LogP contribution is -1.72. The molecule has 0 N–H and O–H groups in total. The van der Waals surface area contributed by atoms with Gasteiger partial charge in [-0.05, 0) is 30.5 Å². The number of unbranched alkanes of at least 4 members (excludes halogenated alkanes) is 3. The summed E-state index contributed by atoms with van der Waals surface area (Å²) in [6.45, 7) is 2.23. The Hall–Kier alpha value is -1.04. The van der Waals surface area contributed by atoms with Crippen molar-refractivity contribution in [3.8, 4) is 0 Å². The smallest absolute Gasteiger partial charge is 0.0178 e. The maximum atomic E-state index is 3.06. The van der Waals surface area contributed by atoms with Crippen molar-refractivity contribution in [3.63, 3.8) is 0 Å². The first-order valence-electron chi connectivity index (χ1n) is 5.06. The summed E-state index contributed by atoms with van der Waals surface area (Å²) in [5, 5.41) is 0. The van der Waals surface area contributed by atoms with Crippen LogP contribution in [-0.4, -0.2) is 0 Å². The Kier molecular flexibility index (Phi) is 5.00. The van der Waals surface area contributed by atoms with E-state index in [-0.39, 0.29) is 0 Å². The highest BCUT2D eigenvalue weighted by atomic mass is 13.9. The minimum Gasteiger partial charge on any atom is -0.0839 e. The van der Waals surface area contributed by atoms with Crippen molar-refractivity contribution in [1.82, 2.24) is 0 Å². The number of benzene rings is 1. The molecule has 0 saturated carbocycles. The lowest BCUT2D eigenvalue weighted by Gasteiger charge is -1.92. The van der Waals surface area contributed by atoms with E-state index >= 15 is 0 Å². The first kappa shape index (κ1) is 10.0. The van der Waals surface area contributed by atoms with Gasteiger partial charge in [0.2, 0.25) is 0 Å². The molecule has 0 heterocycles. The van der Waals surface area contributed by atoms with Crippen LogP contribution in [0.2, 0.25) is 0 Å². The summed E-state index contributed by atoms with van der Waals surface area (Å²) in [5.41, 5.74) is 1.25. The summed E-state index contributed by atoms with van der Waals surface area (Å²) in [6.07, 6.45) is 9.56. The Balaban J connectivity index is 2.25. The molecule has 0 fully saturated rings. The third-order valence-corrected chi connectivity index (χ3v) is 2.02. The molecule has 13 heavy (non-hydrogen) atoms. The van der Waals surface area contributed by atoms with Crippen molar-refractivity contribution in [3.05, 3.63) is 42.0 Å². The summed E-state index contributed by atoms with van der Waals surface area (Å²) >= 11 is 0. The van der Waals surface area contributed by atoms with E-state index in [0.717, 1.165) is 0 Å². The molecule has 1 radical (unpaired) electrons. The fourth-order valence-electron chi connectivity index (χ4n) is 1.24. The predicted molar refractivity (Wildman–Crippen MR) is 58.5 cm³/mol. The lowest BCUT2D eigenvalue weighted by molar-refractivity contribution is 0.730. The van der Waals surface area contributed by atoms with Gasteiger partial charge in [0.25, 0.3) is 0 Å². The van der Waals surface area contributed by atoms with E-state index < -0.39 is 0 Å². The van der Waals surface area contributed by atoms with Gasteiger partial charge in [-0.1, -0.05) is 50.1 Å². The average Bonchev–Trinajstić information content (AvgIpc) is 2.19. The number of rotatable bonds is 5. The first-order valence-corrected chi connectivity index (χ1v) is 5.06. The summed E-state index contributed by atoms with van der Waals surface area (Å²) in [6, 6.07) is 11.1. The Morgan fingerprint density at radius 2 is 2.31 bits per heavy atom. The van der Waals surface area contributed by atoms with Crippen LogP contribution in [0.3, 0.4) is 0 Å². The molecule has 0 aliphatic carbocycles. The maximum Gasteiger partial charge on any atom is -0.0178 e. The highest BCUT2D eigenvalue weighted by molar-refractivity contribution is 5.48. The Bertz CT molecular complexity index is 233. The zero-order chi connectivity index (χ0) is 9.36. The molecule has 0 nitrogen and oxygen atoms in total. The van der Waals surface area contributed by atoms with Crippen LogP contribution in [0, 0.1) is 6.07 Å². The second-order valence-electron chi connectivity index (χ2n) is 3.23. The summed E-state index contributed by atoms with van der Waals surface area (Å²) in [7, 11) is 0. The van der Waals surface area contributed by atoms with Gasteiger partial charge in [0.05, 0.1) is 0 Å². The van der Waals surface area contributed by atoms with Gasteiger partial charge in [0, 0.05) is 0 Å². The van der Waals surface area contributed by atoms with Crippen LogP contribution in [0.15, 0.2) is 30.3 Å². The molecule has 69 valence electrons. The van der Waals surface area contributed by atoms with Gasteiger partial charge in [-0.3, -0.25) is 0 Å². The minimum atomic E-state index is 1.20. The van der Waals surface area contributed by atoms with Gasteiger partial charge in [-0.25, -0.2) is 0 Å². The van der Waals surface area contributed by atoms with Gasteiger partial charge in [-0.2, -0.15) is 0 Å². The lowest BCUT2D eigenvalue weighted by atomic mass is 10.1. The number of hydrogen-bond donors (Lipinski definition) is 0. The van der Waals surface area contributed by atoms with Crippen molar-refractivity contribution in [2.24, 2.45) is 0 Å². The molecule has 0 amide bonds. The summed E-state index contributed by atoms with van der Waals surface area (Å²) in [4.78, 5) is 0. The van der Waals surface area contributed by atoms with Crippen LogP contribution < -0.4 is 0 Å². The van der Waals surface area contributed by atoms with Crippen LogP contribution in [-0.2, 0) is 0 Å². The van der Waals surface area contributed by atoms with Crippen molar-refractivity contribution in [2.45, 2.75) is 32.6 Å². The second-order valence-corrected chi connectivity index (χ2v) is 3.23. The topological polar surface area (TPSA) is 0 Å². The normalized spacial score (nSPS) is 10.8. The molecule has 0 aliphatic rings. The molecule has 1 aromatic carbocycles. The van der Waals surface area contributed by atoms with Gasteiger partial charge in [-0.15, -0.1) is 0 Å². The third kappa shape index (κ3) is 4.51. The van der Waals surface area contributed by atoms with Crippen molar-refractivity contribution >= 4 is 6.08 Å². The van der Waals surface area contributed by atoms with Crippen molar-refractivity contribution in [2.75, 3.05) is 0 Å². The Morgan fingerprint density at radius 3 is 3.00 bits per heavy atom. The predicted octanol–water partition coefficient (Wildman–Crippen LogP) is 4.08. The van der Waals surface area contributed by atoms with Gasteiger partial charge >= 0.3 is 0 Å². The van der Waals surface area contributed by atoms with E-state index in [0.29, 0.717) is 0 Å². The number of allylic oxidation sites excluding steroid dienone is 1. The van der Waals surface area contributed by atoms with Crippen LogP contribution >= 0.6 is 0 Å². The SMILES string of the molecule is CCCCCC=Cc1c[c]ccc1. The van der Waals surface area contributed by atoms with Crippen LogP contribution in [0.5, 0.6) is 0 Å². The van der Waals surface area contributed by atoms with Crippen LogP contribution in [0.1, 0.15) is 38.2 Å². The van der Waals surface area contributed by atoms with Crippen molar-refractivity contribution in [1.29, 1.82) is 0 Å². The molecule has 0 bridgehead atoms. The largest absolute Gasteiger partial charge is 0.0839 e.